The number of likely N-dealkylation sites (N-methyl/N-ethyl adjacent to an activating group) is 1. The number of carbonyl (C=O) groups is 1. The first-order chi connectivity index (χ1) is 12.5. The van der Waals surface area contributed by atoms with Gasteiger partial charge >= 0.3 is 0 Å². The van der Waals surface area contributed by atoms with Crippen LogP contribution in [0.25, 0.3) is 6.08 Å². The molecular formula is C21H24ClNO3. The van der Waals surface area contributed by atoms with Gasteiger partial charge in [-0.25, -0.2) is 0 Å². The molecule has 0 N–H and O–H groups in total. The van der Waals surface area contributed by atoms with E-state index in [0.717, 1.165) is 11.1 Å². The minimum atomic E-state index is -0.0914. The number of ether oxygens (including phenoxy) is 2. The molecule has 0 heterocycles. The zero-order chi connectivity index (χ0) is 19.1. The number of amides is 1. The third-order valence-electron chi connectivity index (χ3n) is 4.16. The topological polar surface area (TPSA) is 38.8 Å². The predicted octanol–water partition coefficient (Wildman–Crippen LogP) is 4.98. The summed E-state index contributed by atoms with van der Waals surface area (Å²) in [5, 5.41) is 0.441. The van der Waals surface area contributed by atoms with Crippen LogP contribution < -0.4 is 9.47 Å². The van der Waals surface area contributed by atoms with Crippen molar-refractivity contribution in [1.82, 2.24) is 4.90 Å². The lowest BCUT2D eigenvalue weighted by molar-refractivity contribution is -0.126. The maximum Gasteiger partial charge on any atom is 0.246 e. The van der Waals surface area contributed by atoms with Gasteiger partial charge in [-0.1, -0.05) is 41.9 Å². The van der Waals surface area contributed by atoms with Crippen molar-refractivity contribution in [3.8, 4) is 11.5 Å². The molecule has 2 aromatic rings. The summed E-state index contributed by atoms with van der Waals surface area (Å²) in [5.41, 5.74) is 1.86. The number of halogens is 1. The molecule has 0 aliphatic rings. The summed E-state index contributed by atoms with van der Waals surface area (Å²) in [6.07, 6.45) is 3.26. The van der Waals surface area contributed by atoms with Gasteiger partial charge in [-0.3, -0.25) is 4.79 Å². The molecule has 0 unspecified atom stereocenters. The Morgan fingerprint density at radius 1 is 1.27 bits per heavy atom. The summed E-state index contributed by atoms with van der Waals surface area (Å²) in [6, 6.07) is 13.4. The maximum atomic E-state index is 12.5. The fourth-order valence-corrected chi connectivity index (χ4v) is 2.87. The summed E-state index contributed by atoms with van der Waals surface area (Å²) in [4.78, 5) is 14.2. The average molecular weight is 374 g/mol. The fourth-order valence-electron chi connectivity index (χ4n) is 2.58. The second-order valence-corrected chi connectivity index (χ2v) is 6.24. The molecule has 0 saturated carbocycles. The molecule has 1 atom stereocenters. The van der Waals surface area contributed by atoms with Gasteiger partial charge in [0, 0.05) is 13.1 Å². The van der Waals surface area contributed by atoms with Crippen LogP contribution in [0.2, 0.25) is 5.02 Å². The Labute approximate surface area is 160 Å². The van der Waals surface area contributed by atoms with E-state index in [1.165, 1.54) is 6.08 Å². The Morgan fingerprint density at radius 2 is 1.96 bits per heavy atom. The number of benzene rings is 2. The summed E-state index contributed by atoms with van der Waals surface area (Å²) in [7, 11) is 3.33. The molecule has 0 aliphatic carbocycles. The quantitative estimate of drug-likeness (QED) is 0.642. The third kappa shape index (κ3) is 4.79. The lowest BCUT2D eigenvalue weighted by Gasteiger charge is -2.24. The smallest absolute Gasteiger partial charge is 0.246 e. The SMILES string of the molecule is CCOc1cc(/C=C\C(=O)N(C)[C@@H](C)c2ccccc2)cc(Cl)c1OC. The molecule has 0 radical (unpaired) electrons. The molecule has 2 rings (SSSR count). The zero-order valence-electron chi connectivity index (χ0n) is 15.5. The molecule has 0 saturated heterocycles. The first-order valence-electron chi connectivity index (χ1n) is 8.48. The van der Waals surface area contributed by atoms with Crippen molar-refractivity contribution in [2.45, 2.75) is 19.9 Å². The second kappa shape index (κ2) is 9.30. The average Bonchev–Trinajstić information content (AvgIpc) is 2.65. The van der Waals surface area contributed by atoms with Gasteiger partial charge < -0.3 is 14.4 Å². The van der Waals surface area contributed by atoms with E-state index < -0.39 is 0 Å². The molecule has 0 spiro atoms. The highest BCUT2D eigenvalue weighted by molar-refractivity contribution is 6.32. The molecule has 138 valence electrons. The van der Waals surface area contributed by atoms with Gasteiger partial charge in [-0.15, -0.1) is 0 Å². The Bertz CT molecular complexity index is 774. The monoisotopic (exact) mass is 373 g/mol. The number of carbonyl (C=O) groups excluding carboxylic acids is 1. The van der Waals surface area contributed by atoms with E-state index in [2.05, 4.69) is 0 Å². The highest BCUT2D eigenvalue weighted by Crippen LogP contribution is 2.36. The van der Waals surface area contributed by atoms with Gasteiger partial charge in [0.2, 0.25) is 5.91 Å². The number of hydrogen-bond donors (Lipinski definition) is 0. The molecule has 1 amide bonds. The van der Waals surface area contributed by atoms with E-state index in [1.807, 2.05) is 44.2 Å². The number of nitrogens with zero attached hydrogens (tertiary/aromatic N) is 1. The molecule has 0 fully saturated rings. The van der Waals surface area contributed by atoms with Crippen LogP contribution in [0.3, 0.4) is 0 Å². The molecule has 2 aromatic carbocycles. The first-order valence-corrected chi connectivity index (χ1v) is 8.85. The van der Waals surface area contributed by atoms with E-state index >= 15 is 0 Å². The summed E-state index contributed by atoms with van der Waals surface area (Å²) >= 11 is 6.24. The first kappa shape index (κ1) is 19.9. The van der Waals surface area contributed by atoms with Crippen molar-refractivity contribution in [3.05, 3.63) is 64.7 Å². The highest BCUT2D eigenvalue weighted by Gasteiger charge is 2.15. The molecule has 0 aliphatic heterocycles. The minimum Gasteiger partial charge on any atom is -0.491 e. The van der Waals surface area contributed by atoms with Crippen LogP contribution in [0.4, 0.5) is 0 Å². The largest absolute Gasteiger partial charge is 0.491 e. The maximum absolute atomic E-state index is 12.5. The number of methoxy groups -OCH3 is 1. The van der Waals surface area contributed by atoms with Crippen molar-refractivity contribution in [1.29, 1.82) is 0 Å². The Hall–Kier alpha value is -2.46. The van der Waals surface area contributed by atoms with Crippen molar-refractivity contribution in [2.75, 3.05) is 20.8 Å². The van der Waals surface area contributed by atoms with Crippen LogP contribution in [-0.4, -0.2) is 31.6 Å². The molecule has 0 aromatic heterocycles. The van der Waals surface area contributed by atoms with Crippen LogP contribution in [0.15, 0.2) is 48.5 Å². The zero-order valence-corrected chi connectivity index (χ0v) is 16.3. The molecule has 0 bridgehead atoms. The molecule has 5 heteroatoms. The highest BCUT2D eigenvalue weighted by atomic mass is 35.5. The standard InChI is InChI=1S/C21H24ClNO3/c1-5-26-19-14-16(13-18(22)21(19)25-4)11-12-20(24)23(3)15(2)17-9-7-6-8-10-17/h6-15H,5H2,1-4H3/b12-11-/t15-/m0/s1. The van der Waals surface area contributed by atoms with Crippen LogP contribution in [0.5, 0.6) is 11.5 Å². The van der Waals surface area contributed by atoms with E-state index in [1.54, 1.807) is 37.3 Å². The van der Waals surface area contributed by atoms with Gasteiger partial charge in [-0.2, -0.15) is 0 Å². The minimum absolute atomic E-state index is 0.0215. The summed E-state index contributed by atoms with van der Waals surface area (Å²) < 4.78 is 10.8. The number of rotatable bonds is 7. The van der Waals surface area contributed by atoms with Crippen LogP contribution >= 0.6 is 11.6 Å². The second-order valence-electron chi connectivity index (χ2n) is 5.84. The molecular weight excluding hydrogens is 350 g/mol. The Balaban J connectivity index is 2.17. The molecule has 26 heavy (non-hydrogen) atoms. The number of hydrogen-bond acceptors (Lipinski definition) is 3. The van der Waals surface area contributed by atoms with Crippen LogP contribution in [0, 0.1) is 0 Å². The molecule has 4 nitrogen and oxygen atoms in total. The van der Waals surface area contributed by atoms with Gasteiger partial charge in [0.25, 0.3) is 0 Å². The van der Waals surface area contributed by atoms with Crippen molar-refractivity contribution in [2.24, 2.45) is 0 Å². The van der Waals surface area contributed by atoms with E-state index in [0.29, 0.717) is 23.1 Å². The van der Waals surface area contributed by atoms with Crippen LogP contribution in [0.1, 0.15) is 31.0 Å². The Kier molecular flexibility index (Phi) is 7.10. The van der Waals surface area contributed by atoms with E-state index in [-0.39, 0.29) is 11.9 Å². The van der Waals surface area contributed by atoms with Gasteiger partial charge in [-0.05, 0) is 43.2 Å². The van der Waals surface area contributed by atoms with Crippen molar-refractivity contribution >= 4 is 23.6 Å². The van der Waals surface area contributed by atoms with E-state index in [9.17, 15) is 4.79 Å². The predicted molar refractivity (Wildman–Crippen MR) is 106 cm³/mol. The lowest BCUT2D eigenvalue weighted by atomic mass is 10.1. The summed E-state index contributed by atoms with van der Waals surface area (Å²) in [6.45, 7) is 4.38. The Morgan fingerprint density at radius 3 is 2.58 bits per heavy atom. The van der Waals surface area contributed by atoms with Crippen LogP contribution in [-0.2, 0) is 4.79 Å². The van der Waals surface area contributed by atoms with Gasteiger partial charge in [0.05, 0.1) is 24.8 Å². The summed E-state index contributed by atoms with van der Waals surface area (Å²) in [5.74, 6) is 0.957. The van der Waals surface area contributed by atoms with Gasteiger partial charge in [0.1, 0.15) is 0 Å². The van der Waals surface area contributed by atoms with Crippen molar-refractivity contribution < 1.29 is 14.3 Å². The third-order valence-corrected chi connectivity index (χ3v) is 4.45. The normalized spacial score (nSPS) is 12.0. The fraction of sp³-hybridized carbons (Fsp3) is 0.286. The van der Waals surface area contributed by atoms with Crippen molar-refractivity contribution in [3.63, 3.8) is 0 Å². The van der Waals surface area contributed by atoms with Gasteiger partial charge in [0.15, 0.2) is 11.5 Å². The van der Waals surface area contributed by atoms with E-state index in [4.69, 9.17) is 21.1 Å². The lowest BCUT2D eigenvalue weighted by Crippen LogP contribution is -2.27.